The lowest BCUT2D eigenvalue weighted by molar-refractivity contribution is -0.137. The number of anilines is 1. The number of carbonyl (C=O) groups excluding carboxylic acids is 2. The highest BCUT2D eigenvalue weighted by Gasteiger charge is 2.33. The normalized spacial score (nSPS) is 14.3. The average Bonchev–Trinajstić information content (AvgIpc) is 2.75. The summed E-state index contributed by atoms with van der Waals surface area (Å²) in [7, 11) is 0. The maximum absolute atomic E-state index is 12.9. The van der Waals surface area contributed by atoms with Crippen LogP contribution in [-0.4, -0.2) is 45.8 Å². The van der Waals surface area contributed by atoms with E-state index in [4.69, 9.17) is 5.73 Å². The van der Waals surface area contributed by atoms with Gasteiger partial charge in [0.25, 0.3) is 5.91 Å². The summed E-state index contributed by atoms with van der Waals surface area (Å²) in [6.07, 6.45) is -2.66. The van der Waals surface area contributed by atoms with Crippen LogP contribution in [0.15, 0.2) is 42.6 Å². The third-order valence-electron chi connectivity index (χ3n) is 5.35. The largest absolute Gasteiger partial charge is 0.416 e. The number of nitrogens with one attached hydrogen (secondary N) is 1. The third kappa shape index (κ3) is 4.08. The lowest BCUT2D eigenvalue weighted by Crippen LogP contribution is -2.60. The number of nitrogen functional groups attached to an aromatic ring is 1. The molecule has 3 aromatic rings. The Bertz CT molecular complexity index is 1190. The van der Waals surface area contributed by atoms with Crippen LogP contribution >= 0.6 is 0 Å². The van der Waals surface area contributed by atoms with Gasteiger partial charge in [0.1, 0.15) is 11.3 Å². The molecule has 1 aromatic carbocycles. The van der Waals surface area contributed by atoms with Crippen molar-refractivity contribution in [3.05, 3.63) is 53.7 Å². The number of nitrogens with two attached hydrogens (primary N) is 1. The Hall–Kier alpha value is -3.69. The predicted molar refractivity (Wildman–Crippen MR) is 113 cm³/mol. The number of carbonyl (C=O) groups is 2. The second kappa shape index (κ2) is 8.10. The number of rotatable bonds is 4. The Labute approximate surface area is 181 Å². The first-order valence-electron chi connectivity index (χ1n) is 9.99. The van der Waals surface area contributed by atoms with Gasteiger partial charge in [-0.15, -0.1) is 0 Å². The number of fused-ring (bicyclic) bond motifs is 1. The Morgan fingerprint density at radius 2 is 1.84 bits per heavy atom. The van der Waals surface area contributed by atoms with Crippen molar-refractivity contribution >= 4 is 28.5 Å². The van der Waals surface area contributed by atoms with Crippen molar-refractivity contribution in [1.29, 1.82) is 0 Å². The zero-order chi connectivity index (χ0) is 23.0. The minimum atomic E-state index is -4.42. The van der Waals surface area contributed by atoms with Gasteiger partial charge >= 0.3 is 6.18 Å². The van der Waals surface area contributed by atoms with Crippen LogP contribution in [0.2, 0.25) is 0 Å². The van der Waals surface area contributed by atoms with Gasteiger partial charge in [0, 0.05) is 36.7 Å². The molecule has 32 heavy (non-hydrogen) atoms. The molecule has 1 aliphatic heterocycles. The molecule has 0 bridgehead atoms. The number of nitrogens with zero attached hydrogens (tertiary/aromatic N) is 3. The molecule has 0 aliphatic carbocycles. The number of hydrogen-bond acceptors (Lipinski definition) is 5. The van der Waals surface area contributed by atoms with Gasteiger partial charge < -0.3 is 16.0 Å². The number of amides is 2. The third-order valence-corrected chi connectivity index (χ3v) is 5.35. The second-order valence-electron chi connectivity index (χ2n) is 7.55. The highest BCUT2D eigenvalue weighted by Crippen LogP contribution is 2.32. The average molecular weight is 443 g/mol. The molecule has 1 fully saturated rings. The Balaban J connectivity index is 1.60. The summed E-state index contributed by atoms with van der Waals surface area (Å²) in [4.78, 5) is 34.6. The van der Waals surface area contributed by atoms with E-state index < -0.39 is 11.7 Å². The highest BCUT2D eigenvalue weighted by molar-refractivity contribution is 6.08. The van der Waals surface area contributed by atoms with Gasteiger partial charge in [0.2, 0.25) is 5.91 Å². The molecule has 0 spiro atoms. The number of alkyl halides is 3. The summed E-state index contributed by atoms with van der Waals surface area (Å²) in [5, 5.41) is 3.34. The van der Waals surface area contributed by atoms with Crippen LogP contribution < -0.4 is 11.1 Å². The predicted octanol–water partition coefficient (Wildman–Crippen LogP) is 3.25. The molecule has 4 rings (SSSR count). The van der Waals surface area contributed by atoms with Crippen molar-refractivity contribution in [2.75, 3.05) is 18.8 Å². The smallest absolute Gasteiger partial charge is 0.382 e. The van der Waals surface area contributed by atoms with Gasteiger partial charge in [0.15, 0.2) is 0 Å². The molecule has 0 unspecified atom stereocenters. The molecular weight excluding hydrogens is 423 g/mol. The van der Waals surface area contributed by atoms with Gasteiger partial charge in [-0.2, -0.15) is 13.2 Å². The van der Waals surface area contributed by atoms with E-state index in [0.29, 0.717) is 47.2 Å². The van der Waals surface area contributed by atoms with Crippen LogP contribution in [0.3, 0.4) is 0 Å². The fraction of sp³-hybridized carbons (Fsp3) is 0.273. The van der Waals surface area contributed by atoms with Gasteiger partial charge in [0.05, 0.1) is 22.9 Å². The molecule has 1 aliphatic rings. The summed E-state index contributed by atoms with van der Waals surface area (Å²) in [5.41, 5.74) is 6.73. The van der Waals surface area contributed by atoms with Crippen LogP contribution in [-0.2, 0) is 11.0 Å². The lowest BCUT2D eigenvalue weighted by Gasteiger charge is -2.39. The Morgan fingerprint density at radius 3 is 2.47 bits per heavy atom. The molecule has 166 valence electrons. The molecule has 7 nitrogen and oxygen atoms in total. The van der Waals surface area contributed by atoms with Gasteiger partial charge in [-0.1, -0.05) is 19.1 Å². The molecule has 1 saturated heterocycles. The van der Waals surface area contributed by atoms with E-state index in [1.54, 1.807) is 24.0 Å². The first-order valence-corrected chi connectivity index (χ1v) is 9.99. The minimum absolute atomic E-state index is 0.0679. The van der Waals surface area contributed by atoms with Gasteiger partial charge in [-0.05, 0) is 24.3 Å². The van der Waals surface area contributed by atoms with Crippen molar-refractivity contribution in [1.82, 2.24) is 20.2 Å². The van der Waals surface area contributed by atoms with E-state index in [1.165, 1.54) is 18.3 Å². The van der Waals surface area contributed by atoms with E-state index in [0.717, 1.165) is 12.1 Å². The molecule has 10 heteroatoms. The first kappa shape index (κ1) is 21.5. The second-order valence-corrected chi connectivity index (χ2v) is 7.55. The molecule has 0 atom stereocenters. The minimum Gasteiger partial charge on any atom is -0.382 e. The van der Waals surface area contributed by atoms with Crippen molar-refractivity contribution in [3.63, 3.8) is 0 Å². The zero-order valence-electron chi connectivity index (χ0n) is 17.1. The maximum atomic E-state index is 12.9. The van der Waals surface area contributed by atoms with Crippen LogP contribution in [0.5, 0.6) is 0 Å². The van der Waals surface area contributed by atoms with E-state index in [9.17, 15) is 22.8 Å². The SMILES string of the molecule is CCC(=O)NC1CN(C(=O)c2cnc(N)c3nc(-c4ccc(C(F)(F)F)cc4)ccc23)C1. The number of hydrogen-bond donors (Lipinski definition) is 2. The zero-order valence-corrected chi connectivity index (χ0v) is 17.1. The summed E-state index contributed by atoms with van der Waals surface area (Å²) in [6.45, 7) is 2.55. The number of likely N-dealkylation sites (tertiary alicyclic amines) is 1. The number of aromatic nitrogens is 2. The molecule has 0 saturated carbocycles. The molecule has 3 N–H and O–H groups in total. The molecule has 3 heterocycles. The number of halogens is 3. The molecule has 2 amide bonds. The number of benzene rings is 1. The summed E-state index contributed by atoms with van der Waals surface area (Å²) >= 11 is 0. The first-order chi connectivity index (χ1) is 15.2. The Morgan fingerprint density at radius 1 is 1.16 bits per heavy atom. The summed E-state index contributed by atoms with van der Waals surface area (Å²) < 4.78 is 38.4. The van der Waals surface area contributed by atoms with Crippen molar-refractivity contribution in [2.24, 2.45) is 0 Å². The van der Waals surface area contributed by atoms with E-state index in [-0.39, 0.29) is 23.7 Å². The van der Waals surface area contributed by atoms with Crippen LogP contribution in [0, 0.1) is 0 Å². The topological polar surface area (TPSA) is 101 Å². The fourth-order valence-electron chi connectivity index (χ4n) is 3.53. The van der Waals surface area contributed by atoms with Crippen LogP contribution in [0.1, 0.15) is 29.3 Å². The summed E-state index contributed by atoms with van der Waals surface area (Å²) in [5.74, 6) is -0.211. The lowest BCUT2D eigenvalue weighted by atomic mass is 10.0. The fourth-order valence-corrected chi connectivity index (χ4v) is 3.53. The maximum Gasteiger partial charge on any atom is 0.416 e. The standard InChI is InChI=1S/C22H20F3N5O2/c1-2-18(31)28-14-10-30(11-14)21(32)16-9-27-20(26)19-15(16)7-8-17(29-19)12-3-5-13(6-4-12)22(23,24)25/h3-9,14H,2,10-11H2,1H3,(H2,26,27)(H,28,31). The van der Waals surface area contributed by atoms with Crippen molar-refractivity contribution < 1.29 is 22.8 Å². The van der Waals surface area contributed by atoms with Crippen LogP contribution in [0.25, 0.3) is 22.2 Å². The van der Waals surface area contributed by atoms with E-state index in [1.807, 2.05) is 0 Å². The van der Waals surface area contributed by atoms with Crippen LogP contribution in [0.4, 0.5) is 19.0 Å². The monoisotopic (exact) mass is 443 g/mol. The highest BCUT2D eigenvalue weighted by atomic mass is 19.4. The molecular formula is C22H20F3N5O2. The van der Waals surface area contributed by atoms with Crippen molar-refractivity contribution in [2.45, 2.75) is 25.6 Å². The Kier molecular flexibility index (Phi) is 5.45. The quantitative estimate of drug-likeness (QED) is 0.645. The summed E-state index contributed by atoms with van der Waals surface area (Å²) in [6, 6.07) is 7.85. The van der Waals surface area contributed by atoms with Gasteiger partial charge in [-0.3, -0.25) is 9.59 Å². The number of pyridine rings is 2. The molecule has 0 radical (unpaired) electrons. The van der Waals surface area contributed by atoms with E-state index in [2.05, 4.69) is 15.3 Å². The van der Waals surface area contributed by atoms with Crippen molar-refractivity contribution in [3.8, 4) is 11.3 Å². The van der Waals surface area contributed by atoms with E-state index >= 15 is 0 Å². The molecule has 2 aromatic heterocycles. The van der Waals surface area contributed by atoms with Gasteiger partial charge in [-0.25, -0.2) is 9.97 Å².